The fourth-order valence-corrected chi connectivity index (χ4v) is 4.95. The lowest BCUT2D eigenvalue weighted by Gasteiger charge is -2.36. The van der Waals surface area contributed by atoms with Crippen LogP contribution in [0.1, 0.15) is 55.4 Å². The van der Waals surface area contributed by atoms with Crippen molar-refractivity contribution >= 4 is 20.4 Å². The molecule has 0 aromatic carbocycles. The SMILES string of the molecule is COC(=O)C1C(CO[Si](C)(C)C(C)(C)C)C1[C@H]1COC(C)(C)N1C(=O)OC(C)(C)C. The number of hydrogen-bond acceptors (Lipinski definition) is 6. The third-order valence-corrected chi connectivity index (χ3v) is 11.2. The molecule has 4 atom stereocenters. The van der Waals surface area contributed by atoms with E-state index < -0.39 is 25.7 Å². The summed E-state index contributed by atoms with van der Waals surface area (Å²) < 4.78 is 23.1. The number of ether oxygens (including phenoxy) is 3. The van der Waals surface area contributed by atoms with Gasteiger partial charge in [-0.3, -0.25) is 9.69 Å². The third kappa shape index (κ3) is 5.19. The Morgan fingerprint density at radius 1 is 1.13 bits per heavy atom. The highest BCUT2D eigenvalue weighted by atomic mass is 28.4. The number of carbonyl (C=O) groups excluding carboxylic acids is 2. The smallest absolute Gasteiger partial charge is 0.412 e. The number of hydrogen-bond donors (Lipinski definition) is 0. The Kier molecular flexibility index (Phi) is 6.78. The van der Waals surface area contributed by atoms with Gasteiger partial charge in [0.25, 0.3) is 0 Å². The van der Waals surface area contributed by atoms with Crippen molar-refractivity contribution in [2.24, 2.45) is 17.8 Å². The van der Waals surface area contributed by atoms with Gasteiger partial charge in [0.1, 0.15) is 11.3 Å². The summed E-state index contributed by atoms with van der Waals surface area (Å²) in [4.78, 5) is 27.2. The molecule has 0 aromatic rings. The highest BCUT2D eigenvalue weighted by molar-refractivity contribution is 6.74. The van der Waals surface area contributed by atoms with Crippen LogP contribution in [0, 0.1) is 17.8 Å². The Balaban J connectivity index is 2.23. The van der Waals surface area contributed by atoms with Gasteiger partial charge in [0.05, 0.1) is 25.7 Å². The van der Waals surface area contributed by atoms with Gasteiger partial charge in [-0.05, 0) is 52.8 Å². The summed E-state index contributed by atoms with van der Waals surface area (Å²) in [5.41, 5.74) is -1.42. The first kappa shape index (κ1) is 25.1. The van der Waals surface area contributed by atoms with E-state index in [4.69, 9.17) is 18.6 Å². The standard InChI is InChI=1S/C22H41NO6Si/c1-20(2,3)29-19(25)23-15(13-27-22(23,7)8)16-14(17(16)18(24)26-9)12-28-30(10,11)21(4,5)6/h14-17H,12-13H2,1-11H3/t14?,15-,16?,17?/m1/s1. The van der Waals surface area contributed by atoms with E-state index in [1.54, 1.807) is 4.90 Å². The lowest BCUT2D eigenvalue weighted by molar-refractivity contribution is -0.143. The van der Waals surface area contributed by atoms with Gasteiger partial charge < -0.3 is 18.6 Å². The van der Waals surface area contributed by atoms with Crippen LogP contribution >= 0.6 is 0 Å². The molecule has 1 amide bonds. The Hall–Kier alpha value is -1.12. The lowest BCUT2D eigenvalue weighted by atomic mass is 10.1. The Bertz CT molecular complexity index is 664. The second-order valence-electron chi connectivity index (χ2n) is 11.5. The maximum absolute atomic E-state index is 13.0. The van der Waals surface area contributed by atoms with Crippen LogP contribution in [0.4, 0.5) is 4.79 Å². The molecule has 1 saturated carbocycles. The highest BCUT2D eigenvalue weighted by Crippen LogP contribution is 2.54. The summed E-state index contributed by atoms with van der Waals surface area (Å²) >= 11 is 0. The lowest BCUT2D eigenvalue weighted by Crippen LogP contribution is -2.51. The molecule has 174 valence electrons. The molecule has 2 rings (SSSR count). The third-order valence-electron chi connectivity index (χ3n) is 6.70. The first-order valence-corrected chi connectivity index (χ1v) is 13.7. The molecule has 0 radical (unpaired) electrons. The molecule has 0 bridgehead atoms. The van der Waals surface area contributed by atoms with Crippen molar-refractivity contribution in [3.8, 4) is 0 Å². The monoisotopic (exact) mass is 443 g/mol. The zero-order valence-corrected chi connectivity index (χ0v) is 21.6. The molecule has 2 fully saturated rings. The van der Waals surface area contributed by atoms with Crippen LogP contribution in [0.3, 0.4) is 0 Å². The van der Waals surface area contributed by atoms with Crippen molar-refractivity contribution in [2.75, 3.05) is 20.3 Å². The molecule has 1 saturated heterocycles. The van der Waals surface area contributed by atoms with E-state index in [2.05, 4.69) is 33.9 Å². The van der Waals surface area contributed by atoms with E-state index in [1.807, 2.05) is 34.6 Å². The minimum Gasteiger partial charge on any atom is -0.469 e. The number of methoxy groups -OCH3 is 1. The maximum atomic E-state index is 13.0. The number of nitrogens with zero attached hydrogens (tertiary/aromatic N) is 1. The summed E-state index contributed by atoms with van der Waals surface area (Å²) in [6, 6.07) is -0.257. The van der Waals surface area contributed by atoms with Crippen molar-refractivity contribution in [1.29, 1.82) is 0 Å². The van der Waals surface area contributed by atoms with Crippen LogP contribution in [-0.2, 0) is 23.4 Å². The van der Waals surface area contributed by atoms with Crippen LogP contribution in [0.5, 0.6) is 0 Å². The fraction of sp³-hybridized carbons (Fsp3) is 0.909. The molecule has 0 N–H and O–H groups in total. The molecule has 8 heteroatoms. The molecular formula is C22H41NO6Si. The van der Waals surface area contributed by atoms with Crippen LogP contribution in [0.25, 0.3) is 0 Å². The number of rotatable bonds is 5. The van der Waals surface area contributed by atoms with Crippen molar-refractivity contribution in [2.45, 2.75) is 90.9 Å². The zero-order valence-electron chi connectivity index (χ0n) is 20.6. The average Bonchev–Trinajstić information content (AvgIpc) is 3.18. The molecule has 1 aliphatic carbocycles. The van der Waals surface area contributed by atoms with E-state index in [0.717, 1.165) is 0 Å². The van der Waals surface area contributed by atoms with Crippen molar-refractivity contribution in [3.05, 3.63) is 0 Å². The second-order valence-corrected chi connectivity index (χ2v) is 16.3. The maximum Gasteiger partial charge on any atom is 0.412 e. The van der Waals surface area contributed by atoms with Gasteiger partial charge in [-0.2, -0.15) is 0 Å². The predicted molar refractivity (Wildman–Crippen MR) is 118 cm³/mol. The molecular weight excluding hydrogens is 402 g/mol. The van der Waals surface area contributed by atoms with E-state index >= 15 is 0 Å². The predicted octanol–water partition coefficient (Wildman–Crippen LogP) is 4.42. The quantitative estimate of drug-likeness (QED) is 0.463. The molecule has 2 aliphatic rings. The average molecular weight is 444 g/mol. The summed E-state index contributed by atoms with van der Waals surface area (Å²) in [6.07, 6.45) is -0.422. The van der Waals surface area contributed by atoms with Crippen LogP contribution in [-0.4, -0.2) is 63.0 Å². The zero-order chi connectivity index (χ0) is 23.3. The van der Waals surface area contributed by atoms with Crippen molar-refractivity contribution in [1.82, 2.24) is 4.90 Å². The largest absolute Gasteiger partial charge is 0.469 e. The second kappa shape index (κ2) is 8.09. The molecule has 0 aromatic heterocycles. The first-order chi connectivity index (χ1) is 13.4. The molecule has 1 heterocycles. The molecule has 0 spiro atoms. The van der Waals surface area contributed by atoms with Gasteiger partial charge in [0.15, 0.2) is 8.32 Å². The van der Waals surface area contributed by atoms with Crippen LogP contribution in [0.2, 0.25) is 18.1 Å². The number of amides is 1. The molecule has 1 aliphatic heterocycles. The first-order valence-electron chi connectivity index (χ1n) is 10.8. The Morgan fingerprint density at radius 3 is 2.17 bits per heavy atom. The summed E-state index contributed by atoms with van der Waals surface area (Å²) in [5.74, 6) is -0.625. The Labute approximate surface area is 182 Å². The minimum atomic E-state index is -1.96. The van der Waals surface area contributed by atoms with Gasteiger partial charge in [-0.15, -0.1) is 0 Å². The van der Waals surface area contributed by atoms with Gasteiger partial charge >= 0.3 is 12.1 Å². The summed E-state index contributed by atoms with van der Waals surface area (Å²) in [6.45, 7) is 21.1. The van der Waals surface area contributed by atoms with Gasteiger partial charge in [-0.1, -0.05) is 20.8 Å². The van der Waals surface area contributed by atoms with E-state index in [-0.39, 0.29) is 34.8 Å². The van der Waals surface area contributed by atoms with E-state index in [0.29, 0.717) is 13.2 Å². The van der Waals surface area contributed by atoms with Crippen molar-refractivity contribution in [3.63, 3.8) is 0 Å². The van der Waals surface area contributed by atoms with Gasteiger partial charge in [0.2, 0.25) is 0 Å². The number of esters is 1. The van der Waals surface area contributed by atoms with E-state index in [9.17, 15) is 9.59 Å². The van der Waals surface area contributed by atoms with Crippen molar-refractivity contribution < 1.29 is 28.2 Å². The van der Waals surface area contributed by atoms with Crippen LogP contribution < -0.4 is 0 Å². The van der Waals surface area contributed by atoms with Gasteiger partial charge in [-0.25, -0.2) is 4.79 Å². The fourth-order valence-electron chi connectivity index (χ4n) is 3.91. The normalized spacial score (nSPS) is 29.0. The topological polar surface area (TPSA) is 74.3 Å². The highest BCUT2D eigenvalue weighted by Gasteiger charge is 2.64. The summed E-state index contributed by atoms with van der Waals surface area (Å²) in [7, 11) is -0.552. The molecule has 3 unspecified atom stereocenters. The minimum absolute atomic E-state index is 0.000915. The molecule has 30 heavy (non-hydrogen) atoms. The van der Waals surface area contributed by atoms with E-state index in [1.165, 1.54) is 7.11 Å². The van der Waals surface area contributed by atoms with Gasteiger partial charge in [0, 0.05) is 18.4 Å². The summed E-state index contributed by atoms with van der Waals surface area (Å²) in [5, 5.41) is 0.0825. The number of carbonyl (C=O) groups is 2. The van der Waals surface area contributed by atoms with Crippen LogP contribution in [0.15, 0.2) is 0 Å². The molecule has 7 nitrogen and oxygen atoms in total. The Morgan fingerprint density at radius 2 is 1.70 bits per heavy atom.